The van der Waals surface area contributed by atoms with Crippen LogP contribution in [0.15, 0.2) is 24.3 Å². The van der Waals surface area contributed by atoms with E-state index >= 15 is 0 Å². The van der Waals surface area contributed by atoms with Crippen molar-refractivity contribution >= 4 is 38.9 Å². The first-order chi connectivity index (χ1) is 10.2. The summed E-state index contributed by atoms with van der Waals surface area (Å²) in [6.07, 6.45) is 1.65. The summed E-state index contributed by atoms with van der Waals surface area (Å²) in [7, 11) is -3.40. The van der Waals surface area contributed by atoms with Crippen molar-refractivity contribution in [3.63, 3.8) is 0 Å². The molecule has 0 fully saturated rings. The molecule has 1 aromatic rings. The standard InChI is InChI=1S/C14H19ClN2O4S/c1-10(22(2,20)21)14(19)16-9-3-4-13(18)17-12-7-5-11(15)6-8-12/h5-8,10H,3-4,9H2,1-2H3,(H,16,19)(H,17,18)/t10-/m0/s1. The van der Waals surface area contributed by atoms with Crippen LogP contribution >= 0.6 is 11.6 Å². The molecule has 0 heterocycles. The highest BCUT2D eigenvalue weighted by Gasteiger charge is 2.22. The normalized spacial score (nSPS) is 12.5. The lowest BCUT2D eigenvalue weighted by atomic mass is 10.2. The van der Waals surface area contributed by atoms with E-state index < -0.39 is 21.0 Å². The van der Waals surface area contributed by atoms with Crippen LogP contribution in [-0.2, 0) is 19.4 Å². The molecule has 0 aromatic heterocycles. The molecule has 0 saturated carbocycles. The minimum Gasteiger partial charge on any atom is -0.355 e. The van der Waals surface area contributed by atoms with E-state index in [-0.39, 0.29) is 18.9 Å². The first kappa shape index (κ1) is 18.4. The Morgan fingerprint density at radius 3 is 2.36 bits per heavy atom. The first-order valence-electron chi connectivity index (χ1n) is 6.72. The number of nitrogens with one attached hydrogen (secondary N) is 2. The molecule has 1 rings (SSSR count). The molecule has 0 aliphatic rings. The van der Waals surface area contributed by atoms with Gasteiger partial charge in [0.15, 0.2) is 9.84 Å². The highest BCUT2D eigenvalue weighted by Crippen LogP contribution is 2.13. The van der Waals surface area contributed by atoms with Crippen molar-refractivity contribution in [2.24, 2.45) is 0 Å². The summed E-state index contributed by atoms with van der Waals surface area (Å²) in [5, 5.41) is 4.69. The monoisotopic (exact) mass is 346 g/mol. The van der Waals surface area contributed by atoms with E-state index in [0.717, 1.165) is 6.26 Å². The molecule has 122 valence electrons. The number of amides is 2. The molecule has 22 heavy (non-hydrogen) atoms. The van der Waals surface area contributed by atoms with Crippen LogP contribution in [0.5, 0.6) is 0 Å². The number of carbonyl (C=O) groups is 2. The van der Waals surface area contributed by atoms with Crippen LogP contribution < -0.4 is 10.6 Å². The zero-order valence-electron chi connectivity index (χ0n) is 12.4. The molecule has 0 unspecified atom stereocenters. The summed E-state index contributed by atoms with van der Waals surface area (Å²) in [6, 6.07) is 6.72. The predicted octanol–water partition coefficient (Wildman–Crippen LogP) is 1.61. The molecular formula is C14H19ClN2O4S. The second-order valence-electron chi connectivity index (χ2n) is 4.92. The van der Waals surface area contributed by atoms with Gasteiger partial charge < -0.3 is 10.6 Å². The van der Waals surface area contributed by atoms with Crippen molar-refractivity contribution < 1.29 is 18.0 Å². The van der Waals surface area contributed by atoms with Gasteiger partial charge >= 0.3 is 0 Å². The topological polar surface area (TPSA) is 92.3 Å². The van der Waals surface area contributed by atoms with Crippen LogP contribution in [0.4, 0.5) is 5.69 Å². The third kappa shape index (κ3) is 6.44. The predicted molar refractivity (Wildman–Crippen MR) is 86.6 cm³/mol. The second kappa shape index (κ2) is 8.14. The molecule has 0 radical (unpaired) electrons. The summed E-state index contributed by atoms with van der Waals surface area (Å²) < 4.78 is 22.4. The van der Waals surface area contributed by atoms with Crippen LogP contribution in [-0.4, -0.2) is 38.3 Å². The fourth-order valence-corrected chi connectivity index (χ4v) is 2.15. The molecule has 0 bridgehead atoms. The summed E-state index contributed by atoms with van der Waals surface area (Å²) in [6.45, 7) is 1.57. The first-order valence-corrected chi connectivity index (χ1v) is 9.05. The number of hydrogen-bond donors (Lipinski definition) is 2. The number of sulfone groups is 1. The minimum absolute atomic E-state index is 0.187. The molecule has 8 heteroatoms. The van der Waals surface area contributed by atoms with Gasteiger partial charge in [0.05, 0.1) is 0 Å². The highest BCUT2D eigenvalue weighted by atomic mass is 35.5. The molecule has 0 aliphatic carbocycles. The minimum atomic E-state index is -3.40. The van der Waals surface area contributed by atoms with Crippen molar-refractivity contribution in [1.82, 2.24) is 5.32 Å². The maximum atomic E-state index is 11.7. The van der Waals surface area contributed by atoms with Gasteiger partial charge in [0.2, 0.25) is 11.8 Å². The van der Waals surface area contributed by atoms with Crippen LogP contribution in [0.2, 0.25) is 5.02 Å². The Morgan fingerprint density at radius 2 is 1.82 bits per heavy atom. The van der Waals surface area contributed by atoms with Gasteiger partial charge in [0.1, 0.15) is 5.25 Å². The molecule has 0 spiro atoms. The van der Waals surface area contributed by atoms with Crippen molar-refractivity contribution in [2.75, 3.05) is 18.1 Å². The Hall–Kier alpha value is -1.60. The molecule has 6 nitrogen and oxygen atoms in total. The third-order valence-corrected chi connectivity index (χ3v) is 4.77. The third-order valence-electron chi connectivity index (χ3n) is 3.02. The van der Waals surface area contributed by atoms with Crippen molar-refractivity contribution in [1.29, 1.82) is 0 Å². The molecule has 2 amide bonds. The van der Waals surface area contributed by atoms with E-state index in [2.05, 4.69) is 10.6 Å². The lowest BCUT2D eigenvalue weighted by molar-refractivity contribution is -0.121. The van der Waals surface area contributed by atoms with Crippen molar-refractivity contribution in [3.8, 4) is 0 Å². The summed E-state index contributed by atoms with van der Waals surface area (Å²) >= 11 is 5.74. The lowest BCUT2D eigenvalue weighted by Crippen LogP contribution is -2.38. The van der Waals surface area contributed by atoms with Gasteiger partial charge in [-0.3, -0.25) is 9.59 Å². The number of hydrogen-bond acceptors (Lipinski definition) is 4. The Kier molecular flexibility index (Phi) is 6.83. The smallest absolute Gasteiger partial charge is 0.238 e. The van der Waals surface area contributed by atoms with Gasteiger partial charge in [-0.15, -0.1) is 0 Å². The fourth-order valence-electron chi connectivity index (χ4n) is 1.56. The Bertz CT molecular complexity index is 629. The maximum absolute atomic E-state index is 11.7. The number of halogens is 1. The highest BCUT2D eigenvalue weighted by molar-refractivity contribution is 7.92. The largest absolute Gasteiger partial charge is 0.355 e. The van der Waals surface area contributed by atoms with Gasteiger partial charge in [-0.2, -0.15) is 0 Å². The van der Waals surface area contributed by atoms with Crippen molar-refractivity contribution in [3.05, 3.63) is 29.3 Å². The van der Waals surface area contributed by atoms with Gasteiger partial charge in [0, 0.05) is 29.9 Å². The number of anilines is 1. The molecule has 2 N–H and O–H groups in total. The zero-order chi connectivity index (χ0) is 16.8. The second-order valence-corrected chi connectivity index (χ2v) is 7.72. The Balaban J connectivity index is 2.28. The van der Waals surface area contributed by atoms with Gasteiger partial charge in [0.25, 0.3) is 0 Å². The maximum Gasteiger partial charge on any atom is 0.238 e. The van der Waals surface area contributed by atoms with E-state index in [0.29, 0.717) is 17.1 Å². The quantitative estimate of drug-likeness (QED) is 0.733. The fraction of sp³-hybridized carbons (Fsp3) is 0.429. The average molecular weight is 347 g/mol. The molecule has 0 aliphatic heterocycles. The Labute approximate surface area is 135 Å². The summed E-state index contributed by atoms with van der Waals surface area (Å²) in [5.74, 6) is -0.742. The molecule has 0 saturated heterocycles. The van der Waals surface area contributed by atoms with Crippen molar-refractivity contribution in [2.45, 2.75) is 25.0 Å². The number of carbonyl (C=O) groups excluding carboxylic acids is 2. The molecular weight excluding hydrogens is 328 g/mol. The number of rotatable bonds is 7. The van der Waals surface area contributed by atoms with E-state index in [1.165, 1.54) is 6.92 Å². The van der Waals surface area contributed by atoms with Gasteiger partial charge in [-0.1, -0.05) is 11.6 Å². The molecule has 1 atom stereocenters. The average Bonchev–Trinajstić information content (AvgIpc) is 2.44. The Morgan fingerprint density at radius 1 is 1.23 bits per heavy atom. The van der Waals surface area contributed by atoms with Gasteiger partial charge in [-0.05, 0) is 37.6 Å². The SMILES string of the molecule is C[C@@H](C(=O)NCCCC(=O)Nc1ccc(Cl)cc1)S(C)(=O)=O. The van der Waals surface area contributed by atoms with Crippen LogP contribution in [0.3, 0.4) is 0 Å². The molecule has 1 aromatic carbocycles. The summed E-state index contributed by atoms with van der Waals surface area (Å²) in [4.78, 5) is 23.2. The van der Waals surface area contributed by atoms with E-state index in [9.17, 15) is 18.0 Å². The van der Waals surface area contributed by atoms with Crippen LogP contribution in [0.25, 0.3) is 0 Å². The number of benzene rings is 1. The van der Waals surface area contributed by atoms with E-state index in [1.807, 2.05) is 0 Å². The lowest BCUT2D eigenvalue weighted by Gasteiger charge is -2.10. The van der Waals surface area contributed by atoms with Gasteiger partial charge in [-0.25, -0.2) is 8.42 Å². The van der Waals surface area contributed by atoms with Crippen LogP contribution in [0.1, 0.15) is 19.8 Å². The zero-order valence-corrected chi connectivity index (χ0v) is 14.0. The van der Waals surface area contributed by atoms with E-state index in [1.54, 1.807) is 24.3 Å². The van der Waals surface area contributed by atoms with Crippen LogP contribution in [0, 0.1) is 0 Å². The summed E-state index contributed by atoms with van der Waals surface area (Å²) in [5.41, 5.74) is 0.643. The van der Waals surface area contributed by atoms with E-state index in [4.69, 9.17) is 11.6 Å².